The number of nitrogens with zero attached hydrogens (tertiary/aromatic N) is 2. The number of hydrogen-bond donors (Lipinski definition) is 2. The summed E-state index contributed by atoms with van der Waals surface area (Å²) in [6, 6.07) is 3.33. The number of morpholine rings is 1. The predicted octanol–water partition coefficient (Wildman–Crippen LogP) is 0.256. The zero-order chi connectivity index (χ0) is 13.5. The minimum absolute atomic E-state index is 0.167. The number of hydrogen-bond acceptors (Lipinski definition) is 4. The Morgan fingerprint density at radius 2 is 2.32 bits per heavy atom. The van der Waals surface area contributed by atoms with E-state index in [1.807, 2.05) is 0 Å². The van der Waals surface area contributed by atoms with Crippen LogP contribution in [0.2, 0.25) is 0 Å². The van der Waals surface area contributed by atoms with Crippen LogP contribution in [0.4, 0.5) is 10.6 Å². The van der Waals surface area contributed by atoms with E-state index < -0.39 is 0 Å². The first-order chi connectivity index (χ1) is 9.29. The molecule has 2 rings (SSSR count). The van der Waals surface area contributed by atoms with E-state index >= 15 is 0 Å². The molecule has 6 heteroatoms. The van der Waals surface area contributed by atoms with Gasteiger partial charge in [-0.3, -0.25) is 5.32 Å². The van der Waals surface area contributed by atoms with Gasteiger partial charge in [0.2, 0.25) is 0 Å². The molecular weight excluding hydrogens is 244 g/mol. The first kappa shape index (κ1) is 13.3. The average molecular weight is 260 g/mol. The van der Waals surface area contributed by atoms with Crippen molar-refractivity contribution in [2.45, 2.75) is 0 Å². The smallest absolute Gasteiger partial charge is 0.323 e. The number of nitrogens with two attached hydrogens (primary N) is 1. The highest BCUT2D eigenvalue weighted by Crippen LogP contribution is 2.07. The normalized spacial score (nSPS) is 14.5. The molecule has 1 aliphatic heterocycles. The van der Waals surface area contributed by atoms with Crippen LogP contribution in [0.1, 0.15) is 5.56 Å². The molecule has 6 nitrogen and oxygen atoms in total. The molecule has 1 aromatic rings. The Kier molecular flexibility index (Phi) is 4.72. The number of carbonyl (C=O) groups excluding carboxylic acids is 1. The zero-order valence-electron chi connectivity index (χ0n) is 10.6. The summed E-state index contributed by atoms with van der Waals surface area (Å²) in [5, 5.41) is 2.75. The lowest BCUT2D eigenvalue weighted by Crippen LogP contribution is -2.43. The van der Waals surface area contributed by atoms with Crippen molar-refractivity contribution in [3.63, 3.8) is 0 Å². The van der Waals surface area contributed by atoms with Crippen LogP contribution in [0.3, 0.4) is 0 Å². The van der Waals surface area contributed by atoms with Gasteiger partial charge in [-0.25, -0.2) is 9.78 Å². The van der Waals surface area contributed by atoms with Crippen LogP contribution in [-0.4, -0.2) is 48.8 Å². The van der Waals surface area contributed by atoms with Crippen LogP contribution in [0.5, 0.6) is 0 Å². The molecule has 0 atom stereocenters. The van der Waals surface area contributed by atoms with E-state index in [1.54, 1.807) is 23.2 Å². The maximum Gasteiger partial charge on any atom is 0.323 e. The van der Waals surface area contributed by atoms with Crippen LogP contribution in [0, 0.1) is 11.8 Å². The van der Waals surface area contributed by atoms with Gasteiger partial charge in [-0.1, -0.05) is 11.8 Å². The van der Waals surface area contributed by atoms with Crippen LogP contribution in [-0.2, 0) is 4.74 Å². The van der Waals surface area contributed by atoms with Gasteiger partial charge in [0.05, 0.1) is 19.8 Å². The first-order valence-electron chi connectivity index (χ1n) is 6.08. The molecule has 1 fully saturated rings. The number of anilines is 1. The third-order valence-corrected chi connectivity index (χ3v) is 2.63. The van der Waals surface area contributed by atoms with E-state index in [0.29, 0.717) is 38.7 Å². The lowest BCUT2D eigenvalue weighted by molar-refractivity contribution is 0.0564. The van der Waals surface area contributed by atoms with Crippen molar-refractivity contribution in [3.05, 3.63) is 23.9 Å². The van der Waals surface area contributed by atoms with Crippen molar-refractivity contribution in [2.24, 2.45) is 5.73 Å². The van der Waals surface area contributed by atoms with Crippen molar-refractivity contribution in [3.8, 4) is 11.8 Å². The lowest BCUT2D eigenvalue weighted by Gasteiger charge is -2.26. The Morgan fingerprint density at radius 3 is 3.05 bits per heavy atom. The molecule has 0 spiro atoms. The molecule has 100 valence electrons. The number of aromatic nitrogens is 1. The quantitative estimate of drug-likeness (QED) is 0.710. The SMILES string of the molecule is NCC#Cc1ccnc(NC(=O)N2CCOCC2)c1. The van der Waals surface area contributed by atoms with Gasteiger partial charge in [-0.15, -0.1) is 0 Å². The van der Waals surface area contributed by atoms with Gasteiger partial charge in [0.25, 0.3) is 0 Å². The Labute approximate surface area is 111 Å². The number of nitrogens with one attached hydrogen (secondary N) is 1. The molecule has 0 aromatic carbocycles. The van der Waals surface area contributed by atoms with Crippen LogP contribution in [0.15, 0.2) is 18.3 Å². The number of rotatable bonds is 1. The third kappa shape index (κ3) is 3.95. The number of urea groups is 1. The molecule has 0 aliphatic carbocycles. The van der Waals surface area contributed by atoms with Crippen molar-refractivity contribution >= 4 is 11.8 Å². The summed E-state index contributed by atoms with van der Waals surface area (Å²) < 4.78 is 5.20. The fourth-order valence-electron chi connectivity index (χ4n) is 1.68. The molecule has 2 heterocycles. The monoisotopic (exact) mass is 260 g/mol. The van der Waals surface area contributed by atoms with Crippen molar-refractivity contribution in [2.75, 3.05) is 38.2 Å². The standard InChI is InChI=1S/C13H16N4O2/c14-4-1-2-11-3-5-15-12(10-11)16-13(18)17-6-8-19-9-7-17/h3,5,10H,4,6-9,14H2,(H,15,16,18). The van der Waals surface area contributed by atoms with Crippen molar-refractivity contribution in [1.29, 1.82) is 0 Å². The van der Waals surface area contributed by atoms with Gasteiger partial charge < -0.3 is 15.4 Å². The highest BCUT2D eigenvalue weighted by atomic mass is 16.5. The lowest BCUT2D eigenvalue weighted by atomic mass is 10.2. The van der Waals surface area contributed by atoms with Crippen LogP contribution >= 0.6 is 0 Å². The summed E-state index contributed by atoms with van der Waals surface area (Å²) >= 11 is 0. The summed E-state index contributed by atoms with van der Waals surface area (Å²) in [6.45, 7) is 2.64. The first-order valence-corrected chi connectivity index (χ1v) is 6.08. The van der Waals surface area contributed by atoms with Crippen LogP contribution in [0.25, 0.3) is 0 Å². The molecule has 0 saturated carbocycles. The van der Waals surface area contributed by atoms with Crippen molar-refractivity contribution in [1.82, 2.24) is 9.88 Å². The number of ether oxygens (including phenoxy) is 1. The fraction of sp³-hybridized carbons (Fsp3) is 0.385. The molecule has 3 N–H and O–H groups in total. The van der Waals surface area contributed by atoms with Gasteiger partial charge in [0.15, 0.2) is 0 Å². The molecule has 1 saturated heterocycles. The molecule has 0 bridgehead atoms. The molecule has 0 radical (unpaired) electrons. The van der Waals surface area contributed by atoms with E-state index in [4.69, 9.17) is 10.5 Å². The van der Waals surface area contributed by atoms with Crippen molar-refractivity contribution < 1.29 is 9.53 Å². The Morgan fingerprint density at radius 1 is 1.53 bits per heavy atom. The number of carbonyl (C=O) groups is 1. The maximum atomic E-state index is 12.0. The van der Waals surface area contributed by atoms with E-state index in [0.717, 1.165) is 5.56 Å². The van der Waals surface area contributed by atoms with E-state index in [-0.39, 0.29) is 6.03 Å². The minimum atomic E-state index is -0.167. The molecule has 2 amide bonds. The van der Waals surface area contributed by atoms with Gasteiger partial charge in [-0.2, -0.15) is 0 Å². The molecule has 1 aliphatic rings. The molecule has 0 unspecified atom stereocenters. The van der Waals surface area contributed by atoms with Crippen LogP contribution < -0.4 is 11.1 Å². The fourth-order valence-corrected chi connectivity index (χ4v) is 1.68. The summed E-state index contributed by atoms with van der Waals surface area (Å²) in [6.07, 6.45) is 1.61. The van der Waals surface area contributed by atoms with Gasteiger partial charge in [-0.05, 0) is 12.1 Å². The Balaban J connectivity index is 1.99. The predicted molar refractivity (Wildman–Crippen MR) is 71.6 cm³/mol. The Bertz CT molecular complexity index is 501. The summed E-state index contributed by atoms with van der Waals surface area (Å²) in [4.78, 5) is 17.7. The van der Waals surface area contributed by atoms with Gasteiger partial charge in [0.1, 0.15) is 5.82 Å². The second-order valence-electron chi connectivity index (χ2n) is 3.97. The Hall–Kier alpha value is -2.10. The molecular formula is C13H16N4O2. The number of pyridine rings is 1. The molecule has 1 aromatic heterocycles. The zero-order valence-corrected chi connectivity index (χ0v) is 10.6. The molecule has 19 heavy (non-hydrogen) atoms. The summed E-state index contributed by atoms with van der Waals surface area (Å²) in [7, 11) is 0. The second kappa shape index (κ2) is 6.73. The highest BCUT2D eigenvalue weighted by Gasteiger charge is 2.16. The third-order valence-electron chi connectivity index (χ3n) is 2.63. The second-order valence-corrected chi connectivity index (χ2v) is 3.97. The summed E-state index contributed by atoms with van der Waals surface area (Å²) in [5.41, 5.74) is 6.09. The largest absolute Gasteiger partial charge is 0.378 e. The van der Waals surface area contributed by atoms with E-state index in [9.17, 15) is 4.79 Å². The topological polar surface area (TPSA) is 80.5 Å². The highest BCUT2D eigenvalue weighted by molar-refractivity contribution is 5.88. The van der Waals surface area contributed by atoms with E-state index in [2.05, 4.69) is 22.1 Å². The average Bonchev–Trinajstić information content (AvgIpc) is 2.46. The minimum Gasteiger partial charge on any atom is -0.378 e. The van der Waals surface area contributed by atoms with Gasteiger partial charge in [0, 0.05) is 24.8 Å². The summed E-state index contributed by atoms with van der Waals surface area (Å²) in [5.74, 6) is 6.14. The number of amides is 2. The maximum absolute atomic E-state index is 12.0. The van der Waals surface area contributed by atoms with Gasteiger partial charge >= 0.3 is 6.03 Å². The van der Waals surface area contributed by atoms with E-state index in [1.165, 1.54) is 0 Å².